The van der Waals surface area contributed by atoms with E-state index >= 15 is 0 Å². The van der Waals surface area contributed by atoms with Crippen LogP contribution in [0.5, 0.6) is 0 Å². The number of hydrogen-bond acceptors (Lipinski definition) is 5. The van der Waals surface area contributed by atoms with E-state index in [0.717, 1.165) is 36.9 Å². The van der Waals surface area contributed by atoms with Gasteiger partial charge < -0.3 is 11.1 Å². The highest BCUT2D eigenvalue weighted by Gasteiger charge is 2.39. The molecule has 0 bridgehead atoms. The summed E-state index contributed by atoms with van der Waals surface area (Å²) in [6, 6.07) is 7.53. The van der Waals surface area contributed by atoms with Crippen LogP contribution in [0.2, 0.25) is 0 Å². The molecule has 2 aromatic rings. The van der Waals surface area contributed by atoms with E-state index in [1.807, 2.05) is 24.3 Å². The van der Waals surface area contributed by atoms with Gasteiger partial charge in [0.1, 0.15) is 0 Å². The molecule has 8 heteroatoms. The Kier molecular flexibility index (Phi) is 5.33. The zero-order chi connectivity index (χ0) is 15.6. The standard InChI is InChI=1S/C15H20N6O.ClH/c1-21-13(18-19-20-21)11-5-4-6-12(9-11)17-14(22)15(10-16)7-2-3-8-15;/h4-6,9H,2-3,7-8,10,16H2,1H3,(H,17,22);1H. The van der Waals surface area contributed by atoms with Gasteiger partial charge in [-0.3, -0.25) is 4.79 Å². The van der Waals surface area contributed by atoms with Gasteiger partial charge in [0.2, 0.25) is 5.91 Å². The number of benzene rings is 1. The van der Waals surface area contributed by atoms with Crippen molar-refractivity contribution in [3.05, 3.63) is 24.3 Å². The van der Waals surface area contributed by atoms with Crippen LogP contribution in [0.15, 0.2) is 24.3 Å². The smallest absolute Gasteiger partial charge is 0.231 e. The van der Waals surface area contributed by atoms with Crippen molar-refractivity contribution >= 4 is 24.0 Å². The Bertz CT molecular complexity index is 680. The molecule has 3 rings (SSSR count). The van der Waals surface area contributed by atoms with Gasteiger partial charge >= 0.3 is 0 Å². The number of nitrogens with zero attached hydrogens (tertiary/aromatic N) is 4. The lowest BCUT2D eigenvalue weighted by atomic mass is 9.85. The van der Waals surface area contributed by atoms with E-state index in [-0.39, 0.29) is 18.3 Å². The average Bonchev–Trinajstić information content (AvgIpc) is 3.17. The molecule has 124 valence electrons. The molecule has 0 unspecified atom stereocenters. The molecule has 1 aromatic heterocycles. The summed E-state index contributed by atoms with van der Waals surface area (Å²) in [5.41, 5.74) is 7.05. The fourth-order valence-electron chi connectivity index (χ4n) is 3.05. The third-order valence-electron chi connectivity index (χ3n) is 4.43. The highest BCUT2D eigenvalue weighted by Crippen LogP contribution is 2.38. The SMILES string of the molecule is Cl.Cn1nnnc1-c1cccc(NC(=O)C2(CN)CCCC2)c1. The van der Waals surface area contributed by atoms with Crippen molar-refractivity contribution < 1.29 is 4.79 Å². The summed E-state index contributed by atoms with van der Waals surface area (Å²) in [7, 11) is 1.78. The second-order valence-corrected chi connectivity index (χ2v) is 5.85. The summed E-state index contributed by atoms with van der Waals surface area (Å²) in [4.78, 5) is 12.6. The summed E-state index contributed by atoms with van der Waals surface area (Å²) in [5.74, 6) is 0.672. The molecule has 1 fully saturated rings. The molecule has 23 heavy (non-hydrogen) atoms. The predicted molar refractivity (Wildman–Crippen MR) is 90.1 cm³/mol. The van der Waals surface area contributed by atoms with E-state index in [4.69, 9.17) is 5.73 Å². The Balaban J connectivity index is 0.00000192. The summed E-state index contributed by atoms with van der Waals surface area (Å²) < 4.78 is 1.60. The van der Waals surface area contributed by atoms with Crippen molar-refractivity contribution in [1.82, 2.24) is 20.2 Å². The summed E-state index contributed by atoms with van der Waals surface area (Å²) in [5, 5.41) is 14.4. The van der Waals surface area contributed by atoms with Crippen LogP contribution in [0.25, 0.3) is 11.4 Å². The van der Waals surface area contributed by atoms with E-state index in [1.165, 1.54) is 0 Å². The molecule has 1 heterocycles. The van der Waals surface area contributed by atoms with Gasteiger partial charge in [-0.1, -0.05) is 25.0 Å². The highest BCUT2D eigenvalue weighted by atomic mass is 35.5. The first kappa shape index (κ1) is 17.4. The highest BCUT2D eigenvalue weighted by molar-refractivity contribution is 5.96. The van der Waals surface area contributed by atoms with Crippen LogP contribution in [0.1, 0.15) is 25.7 Å². The average molecular weight is 337 g/mol. The third-order valence-corrected chi connectivity index (χ3v) is 4.43. The van der Waals surface area contributed by atoms with Crippen LogP contribution in [0.3, 0.4) is 0 Å². The number of amides is 1. The molecule has 0 aliphatic heterocycles. The lowest BCUT2D eigenvalue weighted by Gasteiger charge is -2.25. The normalized spacial score (nSPS) is 15.9. The maximum absolute atomic E-state index is 12.6. The van der Waals surface area contributed by atoms with Crippen LogP contribution >= 0.6 is 12.4 Å². The van der Waals surface area contributed by atoms with Gasteiger partial charge in [-0.2, -0.15) is 0 Å². The number of anilines is 1. The number of tetrazole rings is 1. The van der Waals surface area contributed by atoms with Crippen molar-refractivity contribution in [3.63, 3.8) is 0 Å². The number of aromatic nitrogens is 4. The Morgan fingerprint density at radius 3 is 2.74 bits per heavy atom. The number of nitrogens with one attached hydrogen (secondary N) is 1. The fraction of sp³-hybridized carbons (Fsp3) is 0.467. The van der Waals surface area contributed by atoms with Crippen molar-refractivity contribution in [2.24, 2.45) is 18.2 Å². The number of carbonyl (C=O) groups is 1. The number of hydrogen-bond donors (Lipinski definition) is 2. The topological polar surface area (TPSA) is 98.7 Å². The third kappa shape index (κ3) is 3.35. The molecule has 7 nitrogen and oxygen atoms in total. The molecule has 1 amide bonds. The number of carbonyl (C=O) groups excluding carboxylic acids is 1. The van der Waals surface area contributed by atoms with Crippen molar-refractivity contribution in [1.29, 1.82) is 0 Å². The maximum atomic E-state index is 12.6. The van der Waals surface area contributed by atoms with Gasteiger partial charge in [0.05, 0.1) is 5.41 Å². The lowest BCUT2D eigenvalue weighted by molar-refractivity contribution is -0.124. The van der Waals surface area contributed by atoms with E-state index in [1.54, 1.807) is 11.7 Å². The Hall–Kier alpha value is -1.99. The first-order valence-corrected chi connectivity index (χ1v) is 7.49. The van der Waals surface area contributed by atoms with Crippen LogP contribution in [0, 0.1) is 5.41 Å². The van der Waals surface area contributed by atoms with Gasteiger partial charge in [0.25, 0.3) is 0 Å². The van der Waals surface area contributed by atoms with Gasteiger partial charge in [-0.05, 0) is 35.4 Å². The largest absolute Gasteiger partial charge is 0.329 e. The van der Waals surface area contributed by atoms with Gasteiger partial charge in [-0.25, -0.2) is 4.68 Å². The summed E-state index contributed by atoms with van der Waals surface area (Å²) in [6.45, 7) is 0.395. The van der Waals surface area contributed by atoms with E-state index in [2.05, 4.69) is 20.8 Å². The Morgan fingerprint density at radius 1 is 1.39 bits per heavy atom. The second-order valence-electron chi connectivity index (χ2n) is 5.85. The lowest BCUT2D eigenvalue weighted by Crippen LogP contribution is -2.40. The van der Waals surface area contributed by atoms with E-state index in [9.17, 15) is 4.79 Å². The van der Waals surface area contributed by atoms with Gasteiger partial charge in [-0.15, -0.1) is 17.5 Å². The zero-order valence-corrected chi connectivity index (χ0v) is 13.8. The fourth-order valence-corrected chi connectivity index (χ4v) is 3.05. The zero-order valence-electron chi connectivity index (χ0n) is 13.0. The number of rotatable bonds is 4. The molecule has 0 radical (unpaired) electrons. The predicted octanol–water partition coefficient (Wildman–Crippen LogP) is 1.76. The number of nitrogens with two attached hydrogens (primary N) is 1. The number of aryl methyl sites for hydroxylation is 1. The first-order valence-electron chi connectivity index (χ1n) is 7.49. The monoisotopic (exact) mass is 336 g/mol. The molecule has 0 atom stereocenters. The molecule has 3 N–H and O–H groups in total. The molecular formula is C15H21ClN6O. The van der Waals surface area contributed by atoms with Crippen LogP contribution in [-0.2, 0) is 11.8 Å². The quantitative estimate of drug-likeness (QED) is 0.886. The first-order chi connectivity index (χ1) is 10.6. The van der Waals surface area contributed by atoms with Gasteiger partial charge in [0, 0.05) is 24.8 Å². The minimum Gasteiger partial charge on any atom is -0.329 e. The van der Waals surface area contributed by atoms with Crippen molar-refractivity contribution in [2.45, 2.75) is 25.7 Å². The van der Waals surface area contributed by atoms with Crippen LogP contribution < -0.4 is 11.1 Å². The van der Waals surface area contributed by atoms with E-state index in [0.29, 0.717) is 12.4 Å². The maximum Gasteiger partial charge on any atom is 0.231 e. The number of halogens is 1. The van der Waals surface area contributed by atoms with Crippen molar-refractivity contribution in [2.75, 3.05) is 11.9 Å². The summed E-state index contributed by atoms with van der Waals surface area (Å²) in [6.07, 6.45) is 3.86. The molecular weight excluding hydrogens is 316 g/mol. The Labute approximate surface area is 141 Å². The van der Waals surface area contributed by atoms with Crippen LogP contribution in [0.4, 0.5) is 5.69 Å². The molecule has 1 aliphatic carbocycles. The Morgan fingerprint density at radius 2 is 2.13 bits per heavy atom. The van der Waals surface area contributed by atoms with Crippen molar-refractivity contribution in [3.8, 4) is 11.4 Å². The molecule has 1 saturated carbocycles. The minimum atomic E-state index is -0.414. The van der Waals surface area contributed by atoms with Gasteiger partial charge in [0.15, 0.2) is 5.82 Å². The van der Waals surface area contributed by atoms with E-state index < -0.39 is 5.41 Å². The molecule has 0 spiro atoms. The minimum absolute atomic E-state index is 0. The molecule has 1 aliphatic rings. The second kappa shape index (κ2) is 7.06. The molecule has 0 saturated heterocycles. The molecule has 1 aromatic carbocycles. The summed E-state index contributed by atoms with van der Waals surface area (Å²) >= 11 is 0. The van der Waals surface area contributed by atoms with Crippen LogP contribution in [-0.4, -0.2) is 32.7 Å².